The summed E-state index contributed by atoms with van der Waals surface area (Å²) in [6, 6.07) is 63.3. The Hall–Kier alpha value is -2.93. The molecule has 4 nitrogen and oxygen atoms in total. The Morgan fingerprint density at radius 1 is 0.536 bits per heavy atom. The van der Waals surface area contributed by atoms with Gasteiger partial charge < -0.3 is 5.73 Å². The molecule has 0 radical (unpaired) electrons. The molecule has 0 saturated heterocycles. The van der Waals surface area contributed by atoms with E-state index in [0.717, 1.165) is 28.1 Å². The van der Waals surface area contributed by atoms with Crippen LogP contribution in [0.3, 0.4) is 0 Å². The topological polar surface area (TPSA) is 80.4 Å². The van der Waals surface area contributed by atoms with Crippen LogP contribution >= 0.6 is 15.8 Å². The molecule has 6 aromatic rings. The summed E-state index contributed by atoms with van der Waals surface area (Å²) in [7, 11) is -3.97. The fraction of sp³-hybridized carbons (Fsp3) is 0.234. The molecule has 0 spiro atoms. The molecule has 9 heteroatoms. The third-order valence-corrected chi connectivity index (χ3v) is 15.4. The summed E-state index contributed by atoms with van der Waals surface area (Å²) < 4.78 is 25.9. The van der Waals surface area contributed by atoms with E-state index in [-0.39, 0.29) is 53.3 Å². The fourth-order valence-corrected chi connectivity index (χ4v) is 13.1. The van der Waals surface area contributed by atoms with Gasteiger partial charge in [-0.3, -0.25) is 4.55 Å². The van der Waals surface area contributed by atoms with Gasteiger partial charge in [0.05, 0.1) is 6.26 Å². The molecule has 0 aliphatic heterocycles. The zero-order valence-corrected chi connectivity index (χ0v) is 37.1. The average Bonchev–Trinajstić information content (AvgIpc) is 3.94. The number of nitrogen functional groups attached to an aromatic ring is 1. The number of hydrogen-bond donors (Lipinski definition) is 2. The molecule has 2 saturated carbocycles. The molecule has 0 unspecified atom stereocenters. The van der Waals surface area contributed by atoms with Gasteiger partial charge in [-0.05, 0) is 85.8 Å². The van der Waals surface area contributed by atoms with E-state index >= 15 is 0 Å². The van der Waals surface area contributed by atoms with Crippen LogP contribution in [0.5, 0.6) is 0 Å². The van der Waals surface area contributed by atoms with Crippen molar-refractivity contribution in [3.63, 3.8) is 0 Å². The van der Waals surface area contributed by atoms with E-state index in [1.165, 1.54) is 51.4 Å². The van der Waals surface area contributed by atoms with Gasteiger partial charge in [0.15, 0.2) is 0 Å². The molecule has 2 fully saturated rings. The summed E-state index contributed by atoms with van der Waals surface area (Å²) in [5.41, 5.74) is 10.5. The van der Waals surface area contributed by atoms with Gasteiger partial charge >= 0.3 is 0 Å². The maximum absolute atomic E-state index is 9.19. The van der Waals surface area contributed by atoms with E-state index < -0.39 is 10.1 Å². The predicted molar refractivity (Wildman–Crippen MR) is 235 cm³/mol. The predicted octanol–water partition coefficient (Wildman–Crippen LogP) is 10.4. The van der Waals surface area contributed by atoms with E-state index in [4.69, 9.17) is 10.3 Å². The maximum Gasteiger partial charge on any atom is 0.261 e. The van der Waals surface area contributed by atoms with Crippen LogP contribution in [0, 0.1) is 6.07 Å². The zero-order chi connectivity index (χ0) is 38.0. The first kappa shape index (κ1) is 47.4. The molecule has 298 valence electrons. The molecule has 0 heterocycles. The Morgan fingerprint density at radius 2 is 0.839 bits per heavy atom. The van der Waals surface area contributed by atoms with E-state index in [0.29, 0.717) is 6.26 Å². The molecule has 8 rings (SSSR count). The van der Waals surface area contributed by atoms with Crippen LogP contribution in [0.25, 0.3) is 11.1 Å². The first-order valence-electron chi connectivity index (χ1n) is 18.8. The molecule has 0 aromatic heterocycles. The molecule has 3 N–H and O–H groups in total. The van der Waals surface area contributed by atoms with E-state index in [9.17, 15) is 8.42 Å². The second-order valence-corrected chi connectivity index (χ2v) is 20.0. The van der Waals surface area contributed by atoms with Gasteiger partial charge in [-0.15, -0.1) is 35.9 Å². The minimum atomic E-state index is -3.67. The first-order valence-corrected chi connectivity index (χ1v) is 23.5. The van der Waals surface area contributed by atoms with Crippen LogP contribution in [0.2, 0.25) is 0 Å². The third kappa shape index (κ3) is 15.8. The SMILES string of the molecule is CS(=O)(=O)O.Nc1ccccc1-c1[c-]cccc1.[Fe].[Pd].c1ccc(P(c2ccccc2)C2CCCC2)cc1.c1ccc(P(c2ccccc2)C2CCCC2)cc1. The van der Waals surface area contributed by atoms with Gasteiger partial charge in [0, 0.05) is 37.5 Å². The van der Waals surface area contributed by atoms with Gasteiger partial charge in [0.2, 0.25) is 0 Å². The molecular formula is C47H52FeNO3P2PdS-. The quantitative estimate of drug-likeness (QED) is 0.0550. The van der Waals surface area contributed by atoms with Gasteiger partial charge in [0.25, 0.3) is 10.1 Å². The number of hydrogen-bond acceptors (Lipinski definition) is 3. The largest absolute Gasteiger partial charge is 0.406 e. The molecule has 2 aliphatic carbocycles. The molecular weight excluding hydrogens is 883 g/mol. The monoisotopic (exact) mass is 934 g/mol. The average molecular weight is 935 g/mol. The van der Waals surface area contributed by atoms with Crippen molar-refractivity contribution in [3.8, 4) is 11.1 Å². The van der Waals surface area contributed by atoms with Crippen molar-refractivity contribution >= 4 is 52.9 Å². The van der Waals surface area contributed by atoms with Crippen LogP contribution in [-0.2, 0) is 47.6 Å². The number of anilines is 1. The van der Waals surface area contributed by atoms with E-state index in [1.807, 2.05) is 48.5 Å². The Balaban J connectivity index is 0.000000211. The maximum atomic E-state index is 9.19. The first-order chi connectivity index (χ1) is 26.3. The van der Waals surface area contributed by atoms with Gasteiger partial charge in [0.1, 0.15) is 0 Å². The number of rotatable bonds is 7. The smallest absolute Gasteiger partial charge is 0.261 e. The minimum absolute atomic E-state index is 0. The van der Waals surface area contributed by atoms with Crippen molar-refractivity contribution in [2.75, 3.05) is 12.0 Å². The fourth-order valence-electron chi connectivity index (χ4n) is 7.12. The van der Waals surface area contributed by atoms with E-state index in [2.05, 4.69) is 127 Å². The molecule has 56 heavy (non-hydrogen) atoms. The van der Waals surface area contributed by atoms with Crippen molar-refractivity contribution in [3.05, 3.63) is 176 Å². The number of benzene rings is 6. The normalized spacial score (nSPS) is 13.8. The van der Waals surface area contributed by atoms with Gasteiger partial charge in [-0.2, -0.15) is 8.42 Å². The molecule has 2 aliphatic rings. The molecule has 6 aromatic carbocycles. The third-order valence-electron chi connectivity index (χ3n) is 9.48. The Labute approximate surface area is 362 Å². The standard InChI is InChI=1S/2C17H19P.C12H10N.CH4O3S.Fe.Pd/c2*1-3-9-15(10-4-1)18(17-13-7-8-14-17)16-11-5-2-6-12-16;13-12-9-5-4-8-11(12)10-6-2-1-3-7-10;1-5(2,3)4;;/h2*1-6,9-12,17H,7-8,13-14H2;1-6,8-9H,13H2;1H3,(H,2,3,4);;/q;;-1;;;. The summed E-state index contributed by atoms with van der Waals surface area (Å²) in [6.07, 6.45) is 12.0. The molecule has 0 atom stereocenters. The second kappa shape index (κ2) is 25.4. The number of nitrogens with two attached hydrogens (primary N) is 1. The van der Waals surface area contributed by atoms with Crippen LogP contribution < -0.4 is 27.0 Å². The Kier molecular flexibility index (Phi) is 21.6. The van der Waals surface area contributed by atoms with Crippen LogP contribution in [0.15, 0.2) is 170 Å². The summed E-state index contributed by atoms with van der Waals surface area (Å²) in [5.74, 6) is 0. The summed E-state index contributed by atoms with van der Waals surface area (Å²) in [4.78, 5) is 0. The van der Waals surface area contributed by atoms with Crippen LogP contribution in [0.4, 0.5) is 5.69 Å². The van der Waals surface area contributed by atoms with Crippen molar-refractivity contribution in [2.45, 2.75) is 62.7 Å². The van der Waals surface area contributed by atoms with Crippen molar-refractivity contribution < 1.29 is 50.5 Å². The summed E-state index contributed by atoms with van der Waals surface area (Å²) >= 11 is 0. The van der Waals surface area contributed by atoms with Crippen LogP contribution in [-0.4, -0.2) is 30.5 Å². The zero-order valence-electron chi connectivity index (χ0n) is 31.8. The second-order valence-electron chi connectivity index (χ2n) is 13.6. The van der Waals surface area contributed by atoms with Crippen molar-refractivity contribution in [2.24, 2.45) is 0 Å². The van der Waals surface area contributed by atoms with Crippen molar-refractivity contribution in [1.29, 1.82) is 0 Å². The van der Waals surface area contributed by atoms with Crippen molar-refractivity contribution in [1.82, 2.24) is 0 Å². The Bertz CT molecular complexity index is 1860. The summed E-state index contributed by atoms with van der Waals surface area (Å²) in [5, 5.41) is 6.19. The van der Waals surface area contributed by atoms with Crippen LogP contribution in [0.1, 0.15) is 51.4 Å². The molecule has 0 bridgehead atoms. The summed E-state index contributed by atoms with van der Waals surface area (Å²) in [6.45, 7) is 0. The number of para-hydroxylation sites is 1. The van der Waals surface area contributed by atoms with E-state index in [1.54, 1.807) is 21.2 Å². The minimum Gasteiger partial charge on any atom is -0.406 e. The van der Waals surface area contributed by atoms with Gasteiger partial charge in [-0.1, -0.05) is 171 Å². The van der Waals surface area contributed by atoms with Gasteiger partial charge in [-0.25, -0.2) is 0 Å². The Morgan fingerprint density at radius 3 is 1.14 bits per heavy atom. The molecule has 0 amide bonds.